The van der Waals surface area contributed by atoms with E-state index in [2.05, 4.69) is 4.98 Å². The average Bonchev–Trinajstić information content (AvgIpc) is 2.34. The highest BCUT2D eigenvalue weighted by atomic mass is 35.5. The fourth-order valence-electron chi connectivity index (χ4n) is 0.596. The summed E-state index contributed by atoms with van der Waals surface area (Å²) in [6.07, 6.45) is 1.79. The molecule has 0 spiro atoms. The van der Waals surface area contributed by atoms with Gasteiger partial charge in [0.05, 0.1) is 6.20 Å². The fraction of sp³-hybridized carbons (Fsp3) is 0.500. The first kappa shape index (κ1) is 7.98. The van der Waals surface area contributed by atoms with Crippen LogP contribution in [0.25, 0.3) is 0 Å². The van der Waals surface area contributed by atoms with Gasteiger partial charge in [-0.15, -0.1) is 11.3 Å². The number of hydrogen-bond acceptors (Lipinski definition) is 3. The highest BCUT2D eigenvalue weighted by Gasteiger charge is 2.08. The summed E-state index contributed by atoms with van der Waals surface area (Å²) in [4.78, 5) is 3.92. The van der Waals surface area contributed by atoms with E-state index in [9.17, 15) is 5.11 Å². The zero-order valence-electron chi connectivity index (χ0n) is 5.54. The predicted octanol–water partition coefficient (Wildman–Crippen LogP) is 2.24. The summed E-state index contributed by atoms with van der Waals surface area (Å²) < 4.78 is 0.627. The fourth-order valence-corrected chi connectivity index (χ4v) is 1.59. The number of nitrogens with zero attached hydrogens (tertiary/aromatic N) is 1. The second-order valence-corrected chi connectivity index (χ2v) is 3.62. The third-order valence-electron chi connectivity index (χ3n) is 1.17. The number of aliphatic hydroxyl groups excluding tert-OH is 1. The Bertz CT molecular complexity index is 213. The van der Waals surface area contributed by atoms with E-state index in [1.54, 1.807) is 6.20 Å². The molecule has 1 rings (SSSR count). The number of aliphatic hydroxyl groups is 1. The lowest BCUT2D eigenvalue weighted by Gasteiger charge is -1.99. The Kier molecular flexibility index (Phi) is 2.65. The third-order valence-corrected chi connectivity index (χ3v) is 2.38. The normalized spacial score (nSPS) is 13.5. The SMILES string of the molecule is CCC(O)c1ncc(Cl)s1. The van der Waals surface area contributed by atoms with E-state index in [1.165, 1.54) is 11.3 Å². The maximum atomic E-state index is 9.23. The first-order chi connectivity index (χ1) is 4.74. The molecule has 0 aliphatic rings. The van der Waals surface area contributed by atoms with Gasteiger partial charge in [0.1, 0.15) is 15.4 Å². The van der Waals surface area contributed by atoms with Crippen molar-refractivity contribution in [3.05, 3.63) is 15.5 Å². The van der Waals surface area contributed by atoms with Gasteiger partial charge in [-0.25, -0.2) is 4.98 Å². The van der Waals surface area contributed by atoms with Gasteiger partial charge in [0.25, 0.3) is 0 Å². The Labute approximate surface area is 68.5 Å². The van der Waals surface area contributed by atoms with E-state index in [1.807, 2.05) is 6.92 Å². The van der Waals surface area contributed by atoms with E-state index in [4.69, 9.17) is 11.6 Å². The lowest BCUT2D eigenvalue weighted by atomic mass is 10.3. The average molecular weight is 178 g/mol. The molecule has 0 aliphatic heterocycles. The molecule has 0 aromatic carbocycles. The van der Waals surface area contributed by atoms with Crippen LogP contribution < -0.4 is 0 Å². The standard InChI is InChI=1S/C6H8ClNOS/c1-2-4(9)6-8-3-5(7)10-6/h3-4,9H,2H2,1H3. The van der Waals surface area contributed by atoms with Crippen molar-refractivity contribution in [1.82, 2.24) is 4.98 Å². The van der Waals surface area contributed by atoms with Crippen molar-refractivity contribution < 1.29 is 5.11 Å². The first-order valence-electron chi connectivity index (χ1n) is 3.03. The molecule has 0 amide bonds. The van der Waals surface area contributed by atoms with Gasteiger partial charge in [-0.3, -0.25) is 0 Å². The monoisotopic (exact) mass is 177 g/mol. The van der Waals surface area contributed by atoms with Crippen LogP contribution in [0.5, 0.6) is 0 Å². The van der Waals surface area contributed by atoms with E-state index in [-0.39, 0.29) is 0 Å². The molecular formula is C6H8ClNOS. The van der Waals surface area contributed by atoms with E-state index in [0.29, 0.717) is 15.8 Å². The van der Waals surface area contributed by atoms with Gasteiger partial charge in [0.2, 0.25) is 0 Å². The molecular weight excluding hydrogens is 170 g/mol. The quantitative estimate of drug-likeness (QED) is 0.752. The zero-order chi connectivity index (χ0) is 7.56. The summed E-state index contributed by atoms with van der Waals surface area (Å²) >= 11 is 6.93. The van der Waals surface area contributed by atoms with Crippen LogP contribution in [0.15, 0.2) is 6.20 Å². The molecule has 2 nitrogen and oxygen atoms in total. The Morgan fingerprint density at radius 1 is 1.90 bits per heavy atom. The van der Waals surface area contributed by atoms with Crippen LogP contribution in [0.2, 0.25) is 4.34 Å². The maximum Gasteiger partial charge on any atom is 0.123 e. The first-order valence-corrected chi connectivity index (χ1v) is 4.22. The topological polar surface area (TPSA) is 33.1 Å². The minimum absolute atomic E-state index is 0.447. The largest absolute Gasteiger partial charge is 0.386 e. The molecule has 1 aromatic rings. The Morgan fingerprint density at radius 3 is 3.00 bits per heavy atom. The van der Waals surface area contributed by atoms with Gasteiger partial charge in [-0.2, -0.15) is 0 Å². The molecule has 1 atom stereocenters. The van der Waals surface area contributed by atoms with Gasteiger partial charge in [0.15, 0.2) is 0 Å². The summed E-state index contributed by atoms with van der Waals surface area (Å²) in [5.41, 5.74) is 0. The van der Waals surface area contributed by atoms with Gasteiger partial charge < -0.3 is 5.11 Å². The van der Waals surface area contributed by atoms with E-state index in [0.717, 1.165) is 0 Å². The molecule has 0 bridgehead atoms. The predicted molar refractivity (Wildman–Crippen MR) is 42.4 cm³/mol. The number of rotatable bonds is 2. The van der Waals surface area contributed by atoms with Crippen molar-refractivity contribution >= 4 is 22.9 Å². The van der Waals surface area contributed by atoms with Crippen LogP contribution in [0.3, 0.4) is 0 Å². The second-order valence-electron chi connectivity index (χ2n) is 1.93. The summed E-state index contributed by atoms with van der Waals surface area (Å²) in [6.45, 7) is 1.90. The molecule has 1 aromatic heterocycles. The summed E-state index contributed by atoms with van der Waals surface area (Å²) in [5, 5.41) is 9.93. The highest BCUT2D eigenvalue weighted by molar-refractivity contribution is 7.15. The van der Waals surface area contributed by atoms with Crippen LogP contribution in [0.4, 0.5) is 0 Å². The van der Waals surface area contributed by atoms with Crippen molar-refractivity contribution in [3.63, 3.8) is 0 Å². The Hall–Kier alpha value is -0.120. The molecule has 56 valence electrons. The van der Waals surface area contributed by atoms with Crippen LogP contribution in [-0.2, 0) is 0 Å². The van der Waals surface area contributed by atoms with Crippen molar-refractivity contribution in [2.75, 3.05) is 0 Å². The van der Waals surface area contributed by atoms with Gasteiger partial charge in [-0.05, 0) is 6.42 Å². The number of hydrogen-bond donors (Lipinski definition) is 1. The summed E-state index contributed by atoms with van der Waals surface area (Å²) in [5.74, 6) is 0. The van der Waals surface area contributed by atoms with E-state index >= 15 is 0 Å². The van der Waals surface area contributed by atoms with Crippen molar-refractivity contribution in [2.24, 2.45) is 0 Å². The van der Waals surface area contributed by atoms with E-state index < -0.39 is 6.10 Å². The lowest BCUT2D eigenvalue weighted by Crippen LogP contribution is -1.92. The molecule has 0 saturated heterocycles. The van der Waals surface area contributed by atoms with Crippen LogP contribution in [0, 0.1) is 0 Å². The minimum Gasteiger partial charge on any atom is -0.386 e. The zero-order valence-corrected chi connectivity index (χ0v) is 7.11. The molecule has 0 radical (unpaired) electrons. The molecule has 1 unspecified atom stereocenters. The number of thiazole rings is 1. The van der Waals surface area contributed by atoms with Crippen LogP contribution in [0.1, 0.15) is 24.5 Å². The number of halogens is 1. The lowest BCUT2D eigenvalue weighted by molar-refractivity contribution is 0.173. The van der Waals surface area contributed by atoms with Gasteiger partial charge in [0, 0.05) is 0 Å². The minimum atomic E-state index is -0.447. The molecule has 0 fully saturated rings. The molecule has 1 N–H and O–H groups in total. The van der Waals surface area contributed by atoms with Gasteiger partial charge >= 0.3 is 0 Å². The number of aromatic nitrogens is 1. The molecule has 0 aliphatic carbocycles. The Morgan fingerprint density at radius 2 is 2.60 bits per heavy atom. The molecule has 1 heterocycles. The maximum absolute atomic E-state index is 9.23. The Balaban J connectivity index is 2.74. The van der Waals surface area contributed by atoms with Crippen molar-refractivity contribution in [3.8, 4) is 0 Å². The summed E-state index contributed by atoms with van der Waals surface area (Å²) in [7, 11) is 0. The highest BCUT2D eigenvalue weighted by Crippen LogP contribution is 2.25. The third kappa shape index (κ3) is 1.68. The van der Waals surface area contributed by atoms with Crippen molar-refractivity contribution in [1.29, 1.82) is 0 Å². The molecule has 10 heavy (non-hydrogen) atoms. The molecule has 0 saturated carbocycles. The molecule has 4 heteroatoms. The smallest absolute Gasteiger partial charge is 0.123 e. The van der Waals surface area contributed by atoms with Gasteiger partial charge in [-0.1, -0.05) is 18.5 Å². The van der Waals surface area contributed by atoms with Crippen LogP contribution >= 0.6 is 22.9 Å². The van der Waals surface area contributed by atoms with Crippen LogP contribution in [-0.4, -0.2) is 10.1 Å². The summed E-state index contributed by atoms with van der Waals surface area (Å²) in [6, 6.07) is 0. The second kappa shape index (κ2) is 3.32. The van der Waals surface area contributed by atoms with Crippen molar-refractivity contribution in [2.45, 2.75) is 19.4 Å².